The number of hydrogen-bond acceptors (Lipinski definition) is 6. The van der Waals surface area contributed by atoms with Crippen LogP contribution in [0.1, 0.15) is 45.6 Å². The lowest BCUT2D eigenvalue weighted by Crippen LogP contribution is -2.43. The van der Waals surface area contributed by atoms with Crippen LogP contribution in [0.25, 0.3) is 22.3 Å². The van der Waals surface area contributed by atoms with E-state index in [9.17, 15) is 0 Å². The summed E-state index contributed by atoms with van der Waals surface area (Å²) < 4.78 is 2.08. The maximum absolute atomic E-state index is 6.37. The van der Waals surface area contributed by atoms with Crippen molar-refractivity contribution in [3.8, 4) is 11.1 Å². The molecule has 0 radical (unpaired) electrons. The van der Waals surface area contributed by atoms with Gasteiger partial charge < -0.3 is 20.9 Å². The van der Waals surface area contributed by atoms with Gasteiger partial charge in [0.05, 0.1) is 6.33 Å². The highest BCUT2D eigenvalue weighted by Crippen LogP contribution is 2.29. The number of anilines is 3. The van der Waals surface area contributed by atoms with Crippen molar-refractivity contribution in [2.45, 2.75) is 57.7 Å². The molecule has 2 atom stereocenters. The predicted octanol–water partition coefficient (Wildman–Crippen LogP) is 5.50. The molecule has 0 unspecified atom stereocenters. The Hall–Kier alpha value is -3.45. The SMILES string of the molecule is CC(C)n1cnc2c(Nc3ccc(-c4ccccc4)cc3)nc(N[C@@H]3CCCC[C@@H]3N)nc21. The zero-order valence-electron chi connectivity index (χ0n) is 19.2. The molecule has 2 heterocycles. The maximum Gasteiger partial charge on any atom is 0.227 e. The van der Waals surface area contributed by atoms with Crippen molar-refractivity contribution >= 4 is 28.6 Å². The van der Waals surface area contributed by atoms with Crippen LogP contribution in [0.2, 0.25) is 0 Å². The molecule has 0 saturated heterocycles. The Morgan fingerprint density at radius 2 is 1.67 bits per heavy atom. The van der Waals surface area contributed by atoms with Gasteiger partial charge in [-0.1, -0.05) is 55.3 Å². The molecule has 1 saturated carbocycles. The van der Waals surface area contributed by atoms with E-state index in [2.05, 4.69) is 82.6 Å². The van der Waals surface area contributed by atoms with Crippen molar-refractivity contribution in [1.82, 2.24) is 19.5 Å². The molecule has 4 N–H and O–H groups in total. The van der Waals surface area contributed by atoms with Crippen molar-refractivity contribution in [3.05, 3.63) is 60.9 Å². The highest BCUT2D eigenvalue weighted by molar-refractivity contribution is 5.87. The molecule has 2 aromatic carbocycles. The van der Waals surface area contributed by atoms with Crippen LogP contribution in [-0.2, 0) is 0 Å². The van der Waals surface area contributed by atoms with E-state index in [4.69, 9.17) is 15.7 Å². The summed E-state index contributed by atoms with van der Waals surface area (Å²) >= 11 is 0. The third kappa shape index (κ3) is 4.54. The number of nitrogens with zero attached hydrogens (tertiary/aromatic N) is 4. The van der Waals surface area contributed by atoms with E-state index < -0.39 is 0 Å². The molecule has 5 rings (SSSR count). The lowest BCUT2D eigenvalue weighted by atomic mass is 9.91. The fourth-order valence-electron chi connectivity index (χ4n) is 4.46. The summed E-state index contributed by atoms with van der Waals surface area (Å²) in [4.78, 5) is 14.3. The van der Waals surface area contributed by atoms with Gasteiger partial charge in [0.2, 0.25) is 5.95 Å². The van der Waals surface area contributed by atoms with Gasteiger partial charge in [-0.15, -0.1) is 0 Å². The monoisotopic (exact) mass is 441 g/mol. The Balaban J connectivity index is 1.47. The number of nitrogens with one attached hydrogen (secondary N) is 2. The fraction of sp³-hybridized carbons (Fsp3) is 0.346. The Morgan fingerprint density at radius 1 is 0.939 bits per heavy atom. The summed E-state index contributed by atoms with van der Waals surface area (Å²) in [5.74, 6) is 1.29. The minimum Gasteiger partial charge on any atom is -0.350 e. The first-order valence-electron chi connectivity index (χ1n) is 11.8. The number of benzene rings is 2. The number of fused-ring (bicyclic) bond motifs is 1. The van der Waals surface area contributed by atoms with Gasteiger partial charge in [-0.05, 0) is 49.9 Å². The molecular formula is C26H31N7. The largest absolute Gasteiger partial charge is 0.350 e. The van der Waals surface area contributed by atoms with Gasteiger partial charge in [0.1, 0.15) is 0 Å². The van der Waals surface area contributed by atoms with Gasteiger partial charge >= 0.3 is 0 Å². The van der Waals surface area contributed by atoms with E-state index in [1.54, 1.807) is 0 Å². The third-order valence-corrected chi connectivity index (χ3v) is 6.37. The second-order valence-electron chi connectivity index (χ2n) is 9.08. The third-order valence-electron chi connectivity index (χ3n) is 6.37. The average Bonchev–Trinajstić information content (AvgIpc) is 3.26. The first-order chi connectivity index (χ1) is 16.1. The van der Waals surface area contributed by atoms with Gasteiger partial charge in [-0.2, -0.15) is 9.97 Å². The molecule has 0 bridgehead atoms. The molecule has 7 nitrogen and oxygen atoms in total. The van der Waals surface area contributed by atoms with Gasteiger partial charge in [-0.3, -0.25) is 0 Å². The van der Waals surface area contributed by atoms with Crippen LogP contribution in [-0.4, -0.2) is 31.6 Å². The Labute approximate surface area is 194 Å². The van der Waals surface area contributed by atoms with E-state index in [0.717, 1.165) is 29.7 Å². The van der Waals surface area contributed by atoms with Gasteiger partial charge in [0, 0.05) is 23.8 Å². The Bertz CT molecular complexity index is 1210. The first-order valence-corrected chi connectivity index (χ1v) is 11.8. The van der Waals surface area contributed by atoms with Crippen LogP contribution in [0.4, 0.5) is 17.5 Å². The molecule has 33 heavy (non-hydrogen) atoms. The Morgan fingerprint density at radius 3 is 2.39 bits per heavy atom. The zero-order valence-corrected chi connectivity index (χ0v) is 19.2. The van der Waals surface area contributed by atoms with E-state index in [0.29, 0.717) is 11.8 Å². The number of nitrogens with two attached hydrogens (primary N) is 1. The minimum atomic E-state index is 0.120. The van der Waals surface area contributed by atoms with Crippen molar-refractivity contribution < 1.29 is 0 Å². The van der Waals surface area contributed by atoms with Crippen LogP contribution < -0.4 is 16.4 Å². The second-order valence-corrected chi connectivity index (χ2v) is 9.08. The maximum atomic E-state index is 6.37. The highest BCUT2D eigenvalue weighted by Gasteiger charge is 2.23. The predicted molar refractivity (Wildman–Crippen MR) is 135 cm³/mol. The molecule has 7 heteroatoms. The summed E-state index contributed by atoms with van der Waals surface area (Å²) in [5, 5.41) is 6.98. The van der Waals surface area contributed by atoms with Gasteiger partial charge in [-0.25, -0.2) is 4.98 Å². The molecule has 0 spiro atoms. The molecule has 4 aromatic rings. The summed E-state index contributed by atoms with van der Waals surface area (Å²) in [6.45, 7) is 4.26. The number of imidazole rings is 1. The van der Waals surface area contributed by atoms with Crippen LogP contribution in [0.5, 0.6) is 0 Å². The minimum absolute atomic E-state index is 0.120. The fourth-order valence-corrected chi connectivity index (χ4v) is 4.46. The van der Waals surface area contributed by atoms with Crippen molar-refractivity contribution in [2.24, 2.45) is 5.73 Å². The molecule has 1 aliphatic rings. The highest BCUT2D eigenvalue weighted by atomic mass is 15.2. The standard InChI is InChI=1S/C26H31N7/c1-17(2)33-16-28-23-24(29-20-14-12-19(13-15-20)18-8-4-3-5-9-18)31-26(32-25(23)33)30-22-11-7-6-10-21(22)27/h3-5,8-9,12-17,21-22H,6-7,10-11,27H2,1-2H3,(H2,29,30,31,32)/t21-,22+/m0/s1. The van der Waals surface area contributed by atoms with Crippen molar-refractivity contribution in [3.63, 3.8) is 0 Å². The zero-order chi connectivity index (χ0) is 22.8. The summed E-state index contributed by atoms with van der Waals surface area (Å²) in [6.07, 6.45) is 6.27. The van der Waals surface area contributed by atoms with Crippen molar-refractivity contribution in [2.75, 3.05) is 10.6 Å². The van der Waals surface area contributed by atoms with E-state index >= 15 is 0 Å². The number of rotatable bonds is 6. The molecule has 1 aliphatic carbocycles. The topological polar surface area (TPSA) is 93.7 Å². The van der Waals surface area contributed by atoms with Crippen LogP contribution >= 0.6 is 0 Å². The Kier molecular flexibility index (Phi) is 5.96. The smallest absolute Gasteiger partial charge is 0.227 e. The van der Waals surface area contributed by atoms with Gasteiger partial charge in [0.25, 0.3) is 0 Å². The van der Waals surface area contributed by atoms with Crippen LogP contribution in [0, 0.1) is 0 Å². The summed E-state index contributed by atoms with van der Waals surface area (Å²) in [6, 6.07) is 19.3. The quantitative estimate of drug-likeness (QED) is 0.366. The molecule has 170 valence electrons. The van der Waals surface area contributed by atoms with Gasteiger partial charge in [0.15, 0.2) is 17.0 Å². The molecule has 0 amide bonds. The van der Waals surface area contributed by atoms with E-state index in [1.165, 1.54) is 24.0 Å². The van der Waals surface area contributed by atoms with E-state index in [1.807, 2.05) is 12.4 Å². The lowest BCUT2D eigenvalue weighted by Gasteiger charge is -2.29. The molecule has 0 aliphatic heterocycles. The molecular weight excluding hydrogens is 410 g/mol. The van der Waals surface area contributed by atoms with E-state index in [-0.39, 0.29) is 18.1 Å². The molecule has 1 fully saturated rings. The van der Waals surface area contributed by atoms with Crippen LogP contribution in [0.15, 0.2) is 60.9 Å². The number of hydrogen-bond donors (Lipinski definition) is 3. The normalized spacial score (nSPS) is 18.5. The lowest BCUT2D eigenvalue weighted by molar-refractivity contribution is 0.402. The molecule has 2 aromatic heterocycles. The average molecular weight is 442 g/mol. The van der Waals surface area contributed by atoms with Crippen LogP contribution in [0.3, 0.4) is 0 Å². The second kappa shape index (κ2) is 9.19. The summed E-state index contributed by atoms with van der Waals surface area (Å²) in [5.41, 5.74) is 11.3. The van der Waals surface area contributed by atoms with Crippen molar-refractivity contribution in [1.29, 1.82) is 0 Å². The number of aromatic nitrogens is 4. The first kappa shape index (κ1) is 21.4. The summed E-state index contributed by atoms with van der Waals surface area (Å²) in [7, 11) is 0.